The second kappa shape index (κ2) is 6.39. The molecule has 114 valence electrons. The van der Waals surface area contributed by atoms with Crippen molar-refractivity contribution < 1.29 is 14.7 Å². The Hall–Kier alpha value is -1.69. The molecule has 2 atom stereocenters. The van der Waals surface area contributed by atoms with Crippen LogP contribution in [0.2, 0.25) is 0 Å². The van der Waals surface area contributed by atoms with Gasteiger partial charge in [-0.05, 0) is 24.6 Å². The van der Waals surface area contributed by atoms with Gasteiger partial charge in [-0.1, -0.05) is 19.9 Å². The molecule has 1 fully saturated rings. The first-order chi connectivity index (χ1) is 9.86. The Kier molecular flexibility index (Phi) is 4.77. The van der Waals surface area contributed by atoms with Gasteiger partial charge in [0.15, 0.2) is 0 Å². The quantitative estimate of drug-likeness (QED) is 0.881. The Bertz CT molecular complexity index is 552. The minimum absolute atomic E-state index is 0.172. The molecule has 2 unspecified atom stereocenters. The van der Waals surface area contributed by atoms with E-state index in [1.807, 2.05) is 11.8 Å². The summed E-state index contributed by atoms with van der Waals surface area (Å²) in [6.07, 6.45) is 0. The van der Waals surface area contributed by atoms with Crippen LogP contribution in [0.25, 0.3) is 0 Å². The topological polar surface area (TPSA) is 69.6 Å². The summed E-state index contributed by atoms with van der Waals surface area (Å²) in [6.45, 7) is 7.36. The maximum absolute atomic E-state index is 12.3. The van der Waals surface area contributed by atoms with Crippen molar-refractivity contribution in [3.8, 4) is 0 Å². The number of hydrogen-bond donors (Lipinski definition) is 2. The van der Waals surface area contributed by atoms with E-state index in [1.54, 1.807) is 24.0 Å². The lowest BCUT2D eigenvalue weighted by molar-refractivity contribution is 0.0696. The van der Waals surface area contributed by atoms with Crippen LogP contribution in [-0.2, 0) is 0 Å². The van der Waals surface area contributed by atoms with Gasteiger partial charge in [-0.2, -0.15) is 11.8 Å². The first-order valence-corrected chi connectivity index (χ1v) is 7.86. The number of amides is 2. The third-order valence-corrected chi connectivity index (χ3v) is 4.65. The lowest BCUT2D eigenvalue weighted by Gasteiger charge is -2.34. The van der Waals surface area contributed by atoms with Crippen molar-refractivity contribution in [1.82, 2.24) is 4.90 Å². The smallest absolute Gasteiger partial charge is 0.336 e. The Morgan fingerprint density at radius 2 is 1.90 bits per heavy atom. The maximum Gasteiger partial charge on any atom is 0.336 e. The molecule has 6 heteroatoms. The molecule has 1 aromatic rings. The van der Waals surface area contributed by atoms with Crippen LogP contribution >= 0.6 is 11.8 Å². The first-order valence-electron chi connectivity index (χ1n) is 6.92. The van der Waals surface area contributed by atoms with E-state index in [-0.39, 0.29) is 11.6 Å². The van der Waals surface area contributed by atoms with Crippen LogP contribution < -0.4 is 5.32 Å². The van der Waals surface area contributed by atoms with E-state index in [1.165, 1.54) is 6.07 Å². The number of aromatic carboxylic acids is 1. The number of rotatable bonds is 2. The van der Waals surface area contributed by atoms with E-state index in [4.69, 9.17) is 5.11 Å². The van der Waals surface area contributed by atoms with E-state index in [9.17, 15) is 9.59 Å². The fourth-order valence-corrected chi connectivity index (χ4v) is 3.80. The first kappa shape index (κ1) is 15.7. The number of hydrogen-bond acceptors (Lipinski definition) is 3. The third-order valence-electron chi connectivity index (χ3n) is 3.43. The Labute approximate surface area is 128 Å². The highest BCUT2D eigenvalue weighted by molar-refractivity contribution is 8.00. The number of carbonyl (C=O) groups excluding carboxylic acids is 1. The summed E-state index contributed by atoms with van der Waals surface area (Å²) >= 11 is 1.88. The molecule has 2 N–H and O–H groups in total. The molecule has 2 amide bonds. The van der Waals surface area contributed by atoms with Gasteiger partial charge < -0.3 is 15.3 Å². The van der Waals surface area contributed by atoms with Crippen molar-refractivity contribution in [3.05, 3.63) is 29.3 Å². The van der Waals surface area contributed by atoms with Crippen molar-refractivity contribution in [3.63, 3.8) is 0 Å². The zero-order chi connectivity index (χ0) is 15.6. The Morgan fingerprint density at radius 1 is 1.29 bits per heavy atom. The highest BCUT2D eigenvalue weighted by Crippen LogP contribution is 2.25. The standard InChI is InChI=1S/C15H20N2O3S/c1-9-4-5-12(6-13(9)14(18)19)16-15(20)17-7-10(2)21-11(3)8-17/h4-6,10-11H,7-8H2,1-3H3,(H,16,20)(H,18,19). The molecule has 0 spiro atoms. The zero-order valence-electron chi connectivity index (χ0n) is 12.4. The summed E-state index contributed by atoms with van der Waals surface area (Å²) in [5.74, 6) is -0.986. The molecule has 1 aliphatic rings. The van der Waals surface area contributed by atoms with Crippen LogP contribution in [0.1, 0.15) is 29.8 Å². The van der Waals surface area contributed by atoms with Crippen LogP contribution in [-0.4, -0.2) is 45.6 Å². The van der Waals surface area contributed by atoms with Crippen LogP contribution in [0.3, 0.4) is 0 Å². The molecule has 1 aromatic carbocycles. The Morgan fingerprint density at radius 3 is 2.48 bits per heavy atom. The van der Waals surface area contributed by atoms with Crippen molar-refractivity contribution in [2.24, 2.45) is 0 Å². The normalized spacial score (nSPS) is 22.0. The van der Waals surface area contributed by atoms with Crippen molar-refractivity contribution in [2.75, 3.05) is 18.4 Å². The average Bonchev–Trinajstić information content (AvgIpc) is 2.39. The van der Waals surface area contributed by atoms with Gasteiger partial charge >= 0.3 is 12.0 Å². The van der Waals surface area contributed by atoms with Gasteiger partial charge in [0.2, 0.25) is 0 Å². The fraction of sp³-hybridized carbons (Fsp3) is 0.467. The third kappa shape index (κ3) is 3.91. The van der Waals surface area contributed by atoms with Gasteiger partial charge in [0.1, 0.15) is 0 Å². The number of nitrogens with one attached hydrogen (secondary N) is 1. The van der Waals surface area contributed by atoms with E-state index in [0.29, 0.717) is 34.8 Å². The van der Waals surface area contributed by atoms with Gasteiger partial charge in [-0.3, -0.25) is 0 Å². The SMILES string of the molecule is Cc1ccc(NC(=O)N2CC(C)SC(C)C2)cc1C(=O)O. The Balaban J connectivity index is 2.09. The number of carbonyl (C=O) groups is 2. The molecule has 0 aliphatic carbocycles. The number of urea groups is 1. The summed E-state index contributed by atoms with van der Waals surface area (Å²) in [4.78, 5) is 25.2. The van der Waals surface area contributed by atoms with E-state index >= 15 is 0 Å². The van der Waals surface area contributed by atoms with E-state index in [2.05, 4.69) is 19.2 Å². The van der Waals surface area contributed by atoms with Crippen LogP contribution in [0.15, 0.2) is 18.2 Å². The molecule has 1 heterocycles. The van der Waals surface area contributed by atoms with Gasteiger partial charge in [-0.15, -0.1) is 0 Å². The number of anilines is 1. The molecule has 5 nitrogen and oxygen atoms in total. The summed E-state index contributed by atoms with van der Waals surface area (Å²) in [7, 11) is 0. The second-order valence-corrected chi connectivity index (χ2v) is 7.31. The lowest BCUT2D eigenvalue weighted by Crippen LogP contribution is -2.46. The molecule has 1 aliphatic heterocycles. The largest absolute Gasteiger partial charge is 0.478 e. The molecular formula is C15H20N2O3S. The second-order valence-electron chi connectivity index (χ2n) is 5.43. The van der Waals surface area contributed by atoms with Crippen molar-refractivity contribution in [2.45, 2.75) is 31.3 Å². The summed E-state index contributed by atoms with van der Waals surface area (Å²) in [5, 5.41) is 12.7. The van der Waals surface area contributed by atoms with Crippen molar-refractivity contribution >= 4 is 29.4 Å². The van der Waals surface area contributed by atoms with Gasteiger partial charge in [0, 0.05) is 29.3 Å². The number of thioether (sulfide) groups is 1. The molecule has 0 bridgehead atoms. The lowest BCUT2D eigenvalue weighted by atomic mass is 10.1. The van der Waals surface area contributed by atoms with Crippen LogP contribution in [0.4, 0.5) is 10.5 Å². The van der Waals surface area contributed by atoms with Gasteiger partial charge in [0.05, 0.1) is 5.56 Å². The highest BCUT2D eigenvalue weighted by atomic mass is 32.2. The molecule has 0 saturated carbocycles. The summed E-state index contributed by atoms with van der Waals surface area (Å²) in [6, 6.07) is 4.76. The molecule has 21 heavy (non-hydrogen) atoms. The van der Waals surface area contributed by atoms with Gasteiger partial charge in [0.25, 0.3) is 0 Å². The molecule has 1 saturated heterocycles. The maximum atomic E-state index is 12.3. The van der Waals surface area contributed by atoms with E-state index in [0.717, 1.165) is 0 Å². The fourth-order valence-electron chi connectivity index (χ4n) is 2.48. The molecule has 0 radical (unpaired) electrons. The summed E-state index contributed by atoms with van der Waals surface area (Å²) in [5.41, 5.74) is 1.40. The van der Waals surface area contributed by atoms with Crippen molar-refractivity contribution in [1.29, 1.82) is 0 Å². The minimum atomic E-state index is -0.986. The average molecular weight is 308 g/mol. The van der Waals surface area contributed by atoms with Gasteiger partial charge in [-0.25, -0.2) is 9.59 Å². The summed E-state index contributed by atoms with van der Waals surface area (Å²) < 4.78 is 0. The number of carboxylic acids is 1. The number of benzene rings is 1. The number of carboxylic acid groups (broad SMARTS) is 1. The van der Waals surface area contributed by atoms with E-state index < -0.39 is 5.97 Å². The predicted octanol–water partition coefficient (Wildman–Crippen LogP) is 3.05. The molecular weight excluding hydrogens is 288 g/mol. The zero-order valence-corrected chi connectivity index (χ0v) is 13.2. The molecule has 2 rings (SSSR count). The minimum Gasteiger partial charge on any atom is -0.478 e. The van der Waals surface area contributed by atoms with Crippen LogP contribution in [0.5, 0.6) is 0 Å². The monoisotopic (exact) mass is 308 g/mol. The number of aryl methyl sites for hydroxylation is 1. The molecule has 0 aromatic heterocycles. The number of nitrogens with zero attached hydrogens (tertiary/aromatic N) is 1. The predicted molar refractivity (Wildman–Crippen MR) is 85.2 cm³/mol. The van der Waals surface area contributed by atoms with Crippen LogP contribution in [0, 0.1) is 6.92 Å². The highest BCUT2D eigenvalue weighted by Gasteiger charge is 2.26.